The summed E-state index contributed by atoms with van der Waals surface area (Å²) in [4.78, 5) is -0.128. The van der Waals surface area contributed by atoms with E-state index in [1.165, 1.54) is 0 Å². The Labute approximate surface area is 196 Å². The molecule has 0 saturated heterocycles. The van der Waals surface area contributed by atoms with Crippen LogP contribution in [0.3, 0.4) is 0 Å². The first kappa shape index (κ1) is 28.0. The van der Waals surface area contributed by atoms with Crippen LogP contribution in [0.2, 0.25) is 0 Å². The topological polar surface area (TPSA) is 46.2 Å². The molecule has 0 spiro atoms. The van der Waals surface area contributed by atoms with Crippen LogP contribution in [0.25, 0.3) is 0 Å². The van der Waals surface area contributed by atoms with Gasteiger partial charge in [0.1, 0.15) is 0 Å². The predicted octanol–water partition coefficient (Wildman–Crippen LogP) is 8.07. The number of hydrogen-bond donors (Lipinski definition) is 1. The monoisotopic (exact) mass is 509 g/mol. The molecule has 2 aromatic carbocycles. The van der Waals surface area contributed by atoms with Crippen LogP contribution >= 0.6 is 0 Å². The van der Waals surface area contributed by atoms with E-state index in [4.69, 9.17) is 0 Å². The van der Waals surface area contributed by atoms with E-state index in [1.54, 1.807) is 39.8 Å². The Kier molecular flexibility index (Phi) is 7.49. The maximum atomic E-state index is 13.5. The molecule has 0 heterocycles. The summed E-state index contributed by atoms with van der Waals surface area (Å²) in [7, 11) is -4.54. The van der Waals surface area contributed by atoms with E-state index < -0.39 is 39.2 Å². The molecule has 0 aliphatic heterocycles. The second-order valence-electron chi connectivity index (χ2n) is 9.94. The lowest BCUT2D eigenvalue weighted by Crippen LogP contribution is -2.22. The Balaban J connectivity index is 2.79. The number of halogens is 6. The highest BCUT2D eigenvalue weighted by molar-refractivity contribution is 7.92. The average molecular weight is 510 g/mol. The smallest absolute Gasteiger partial charge is 0.280 e. The largest absolute Gasteiger partial charge is 0.416 e. The fraction of sp³-hybridized carbons (Fsp3) is 0.500. The molecule has 0 unspecified atom stereocenters. The SMILES string of the molecule is CC(C)c1cc(C(C)(C)C)cc(C(C)C)c1S(=O)(=O)Nc1cc(C(F)(F)F)cc(C(F)(F)F)c1. The third-order valence-electron chi connectivity index (χ3n) is 5.37. The Bertz CT molecular complexity index is 1100. The molecule has 190 valence electrons. The summed E-state index contributed by atoms with van der Waals surface area (Å²) in [5, 5.41) is 0. The summed E-state index contributed by atoms with van der Waals surface area (Å²) < 4.78 is 108. The van der Waals surface area contributed by atoms with E-state index in [0.717, 1.165) is 5.56 Å². The van der Waals surface area contributed by atoms with Crippen molar-refractivity contribution < 1.29 is 34.8 Å². The number of hydrogen-bond acceptors (Lipinski definition) is 2. The molecule has 2 aromatic rings. The predicted molar refractivity (Wildman–Crippen MR) is 121 cm³/mol. The standard InChI is InChI=1S/C24H29F6NO2S/c1-13(2)19-11-15(22(5,6)7)12-20(14(3)4)21(19)34(32,33)31-18-9-16(23(25,26)27)8-17(10-18)24(28,29)30/h8-14,31H,1-7H3. The van der Waals surface area contributed by atoms with Crippen molar-refractivity contribution in [3.63, 3.8) is 0 Å². The maximum absolute atomic E-state index is 13.5. The van der Waals surface area contributed by atoms with Gasteiger partial charge in [-0.1, -0.05) is 60.6 Å². The molecule has 0 amide bonds. The fourth-order valence-corrected chi connectivity index (χ4v) is 5.24. The number of rotatable bonds is 5. The molecule has 3 nitrogen and oxygen atoms in total. The van der Waals surface area contributed by atoms with Gasteiger partial charge in [0.2, 0.25) is 0 Å². The third kappa shape index (κ3) is 6.25. The average Bonchev–Trinajstić information content (AvgIpc) is 2.64. The van der Waals surface area contributed by atoms with Gasteiger partial charge >= 0.3 is 12.4 Å². The normalized spacial score (nSPS) is 13.6. The molecule has 0 saturated carbocycles. The van der Waals surface area contributed by atoms with E-state index in [2.05, 4.69) is 0 Å². The van der Waals surface area contributed by atoms with Crippen molar-refractivity contribution in [1.29, 1.82) is 0 Å². The van der Waals surface area contributed by atoms with Gasteiger partial charge in [-0.25, -0.2) is 8.42 Å². The van der Waals surface area contributed by atoms with Crippen LogP contribution in [-0.2, 0) is 27.8 Å². The van der Waals surface area contributed by atoms with E-state index in [0.29, 0.717) is 23.3 Å². The molecule has 0 radical (unpaired) electrons. The summed E-state index contributed by atoms with van der Waals surface area (Å²) in [6, 6.07) is 4.15. The van der Waals surface area contributed by atoms with E-state index in [-0.39, 0.29) is 28.2 Å². The molecule has 0 atom stereocenters. The molecule has 10 heteroatoms. The van der Waals surface area contributed by atoms with Crippen molar-refractivity contribution in [3.05, 3.63) is 58.1 Å². The van der Waals surface area contributed by atoms with Gasteiger partial charge in [-0.15, -0.1) is 0 Å². The van der Waals surface area contributed by atoms with Gasteiger partial charge in [-0.3, -0.25) is 4.72 Å². The highest BCUT2D eigenvalue weighted by atomic mass is 32.2. The Hall–Kier alpha value is -2.23. The van der Waals surface area contributed by atoms with Crippen LogP contribution in [0.5, 0.6) is 0 Å². The lowest BCUT2D eigenvalue weighted by Gasteiger charge is -2.27. The molecular weight excluding hydrogens is 480 g/mol. The molecule has 0 aromatic heterocycles. The molecule has 0 aliphatic carbocycles. The molecular formula is C24H29F6NO2S. The summed E-state index contributed by atoms with van der Waals surface area (Å²) in [5.74, 6) is -0.558. The number of alkyl halides is 6. The van der Waals surface area contributed by atoms with Gasteiger partial charge in [0.25, 0.3) is 10.0 Å². The summed E-state index contributed by atoms with van der Waals surface area (Å²) in [6.07, 6.45) is -10.2. The number of benzene rings is 2. The summed E-state index contributed by atoms with van der Waals surface area (Å²) in [5.41, 5.74) is -2.58. The van der Waals surface area contributed by atoms with Gasteiger partial charge in [-0.05, 0) is 52.1 Å². The zero-order valence-electron chi connectivity index (χ0n) is 20.0. The van der Waals surface area contributed by atoms with Gasteiger partial charge < -0.3 is 0 Å². The number of sulfonamides is 1. The minimum absolute atomic E-state index is 0.0466. The molecule has 0 bridgehead atoms. The van der Waals surface area contributed by atoms with Crippen LogP contribution in [0.4, 0.5) is 32.0 Å². The van der Waals surface area contributed by atoms with Gasteiger partial charge in [0.05, 0.1) is 21.7 Å². The molecule has 1 N–H and O–H groups in total. The quantitative estimate of drug-likeness (QED) is 0.414. The van der Waals surface area contributed by atoms with Crippen molar-refractivity contribution in [2.24, 2.45) is 0 Å². The lowest BCUT2D eigenvalue weighted by molar-refractivity contribution is -0.143. The van der Waals surface area contributed by atoms with Crippen molar-refractivity contribution in [1.82, 2.24) is 0 Å². The summed E-state index contributed by atoms with van der Waals surface area (Å²) in [6.45, 7) is 13.0. The maximum Gasteiger partial charge on any atom is 0.416 e. The molecule has 0 aliphatic rings. The van der Waals surface area contributed by atoms with Crippen molar-refractivity contribution in [2.45, 2.75) is 83.0 Å². The highest BCUT2D eigenvalue weighted by Crippen LogP contribution is 2.40. The third-order valence-corrected chi connectivity index (χ3v) is 6.88. The first-order valence-corrected chi connectivity index (χ1v) is 12.1. The fourth-order valence-electron chi connectivity index (χ4n) is 3.50. The number of anilines is 1. The van der Waals surface area contributed by atoms with Crippen molar-refractivity contribution in [3.8, 4) is 0 Å². The van der Waals surface area contributed by atoms with Crippen LogP contribution < -0.4 is 4.72 Å². The van der Waals surface area contributed by atoms with Gasteiger partial charge in [-0.2, -0.15) is 26.3 Å². The van der Waals surface area contributed by atoms with E-state index >= 15 is 0 Å². The molecule has 2 rings (SSSR count). The lowest BCUT2D eigenvalue weighted by atomic mass is 9.82. The van der Waals surface area contributed by atoms with Crippen LogP contribution in [0.15, 0.2) is 35.2 Å². The zero-order valence-corrected chi connectivity index (χ0v) is 20.9. The molecule has 34 heavy (non-hydrogen) atoms. The zero-order chi connectivity index (χ0) is 26.4. The summed E-state index contributed by atoms with van der Waals surface area (Å²) >= 11 is 0. The van der Waals surface area contributed by atoms with Gasteiger partial charge in [0, 0.05) is 0 Å². The van der Waals surface area contributed by atoms with Crippen LogP contribution in [-0.4, -0.2) is 8.42 Å². The van der Waals surface area contributed by atoms with Gasteiger partial charge in [0.15, 0.2) is 0 Å². The van der Waals surface area contributed by atoms with Crippen molar-refractivity contribution in [2.75, 3.05) is 4.72 Å². The first-order valence-electron chi connectivity index (χ1n) is 10.6. The highest BCUT2D eigenvalue weighted by Gasteiger charge is 2.38. The van der Waals surface area contributed by atoms with Crippen molar-refractivity contribution >= 4 is 15.7 Å². The first-order chi connectivity index (χ1) is 15.1. The Morgan fingerprint density at radius 2 is 1.06 bits per heavy atom. The minimum Gasteiger partial charge on any atom is -0.280 e. The Morgan fingerprint density at radius 1 is 0.676 bits per heavy atom. The second kappa shape index (κ2) is 9.09. The Morgan fingerprint density at radius 3 is 1.35 bits per heavy atom. The van der Waals surface area contributed by atoms with Crippen LogP contribution in [0.1, 0.15) is 88.1 Å². The van der Waals surface area contributed by atoms with Crippen LogP contribution in [0, 0.1) is 0 Å². The number of nitrogens with one attached hydrogen (secondary N) is 1. The minimum atomic E-state index is -5.10. The van der Waals surface area contributed by atoms with E-state index in [1.807, 2.05) is 25.5 Å². The second-order valence-corrected chi connectivity index (χ2v) is 11.6. The van der Waals surface area contributed by atoms with E-state index in [9.17, 15) is 34.8 Å². The molecule has 0 fully saturated rings.